The minimum absolute atomic E-state index is 0.106. The summed E-state index contributed by atoms with van der Waals surface area (Å²) in [4.78, 5) is 15.9. The molecule has 0 aliphatic rings. The van der Waals surface area contributed by atoms with Gasteiger partial charge in [-0.15, -0.1) is 0 Å². The van der Waals surface area contributed by atoms with Gasteiger partial charge in [0.05, 0.1) is 5.56 Å². The van der Waals surface area contributed by atoms with E-state index in [1.165, 1.54) is 5.56 Å². The Labute approximate surface area is 114 Å². The lowest BCUT2D eigenvalue weighted by molar-refractivity contribution is 0.0953. The highest BCUT2D eigenvalue weighted by Gasteiger charge is 2.08. The fourth-order valence-electron chi connectivity index (χ4n) is 1.62. The summed E-state index contributed by atoms with van der Waals surface area (Å²) in [6, 6.07) is 13.6. The Bertz CT molecular complexity index is 528. The van der Waals surface area contributed by atoms with Crippen molar-refractivity contribution >= 4 is 21.8 Å². The fourth-order valence-corrected chi connectivity index (χ4v) is 2.05. The van der Waals surface area contributed by atoms with Crippen molar-refractivity contribution in [3.63, 3.8) is 0 Å². The number of nitrogens with one attached hydrogen (secondary N) is 1. The number of pyridine rings is 1. The van der Waals surface area contributed by atoms with Crippen molar-refractivity contribution in [2.24, 2.45) is 0 Å². The monoisotopic (exact) mass is 304 g/mol. The predicted octanol–water partition coefficient (Wildman–Crippen LogP) is 2.82. The second kappa shape index (κ2) is 6.31. The highest BCUT2D eigenvalue weighted by atomic mass is 79.9. The quantitative estimate of drug-likeness (QED) is 0.883. The van der Waals surface area contributed by atoms with E-state index in [4.69, 9.17) is 0 Å². The molecule has 0 saturated heterocycles. The molecule has 1 heterocycles. The van der Waals surface area contributed by atoms with Gasteiger partial charge in [0.1, 0.15) is 4.60 Å². The fraction of sp³-hybridized carbons (Fsp3) is 0.143. The molecule has 1 aromatic carbocycles. The van der Waals surface area contributed by atoms with E-state index in [0.29, 0.717) is 16.7 Å². The average Bonchev–Trinajstić information content (AvgIpc) is 2.40. The number of nitrogens with zero attached hydrogens (tertiary/aromatic N) is 1. The van der Waals surface area contributed by atoms with Crippen LogP contribution < -0.4 is 5.32 Å². The molecule has 0 fully saturated rings. The molecule has 92 valence electrons. The Hall–Kier alpha value is -1.68. The summed E-state index contributed by atoms with van der Waals surface area (Å²) in [7, 11) is 0. The summed E-state index contributed by atoms with van der Waals surface area (Å²) in [6.45, 7) is 0.615. The third-order valence-electron chi connectivity index (χ3n) is 2.55. The number of aromatic nitrogens is 1. The molecular formula is C14H13BrN2O. The molecule has 2 rings (SSSR count). The van der Waals surface area contributed by atoms with E-state index in [9.17, 15) is 4.79 Å². The van der Waals surface area contributed by atoms with Crippen molar-refractivity contribution in [1.29, 1.82) is 0 Å². The molecule has 0 atom stereocenters. The van der Waals surface area contributed by atoms with Crippen LogP contribution in [0.3, 0.4) is 0 Å². The maximum atomic E-state index is 11.9. The number of carbonyl (C=O) groups excluding carboxylic acids is 1. The van der Waals surface area contributed by atoms with Gasteiger partial charge in [0.15, 0.2) is 0 Å². The highest BCUT2D eigenvalue weighted by molar-refractivity contribution is 9.10. The molecule has 1 amide bonds. The molecule has 0 saturated carbocycles. The van der Waals surface area contributed by atoms with Gasteiger partial charge in [-0.25, -0.2) is 4.98 Å². The molecule has 0 aliphatic carbocycles. The molecule has 3 nitrogen and oxygen atoms in total. The first-order valence-electron chi connectivity index (χ1n) is 5.70. The summed E-state index contributed by atoms with van der Waals surface area (Å²) in [5.41, 5.74) is 1.77. The smallest absolute Gasteiger partial charge is 0.254 e. The Balaban J connectivity index is 1.88. The van der Waals surface area contributed by atoms with Crippen molar-refractivity contribution in [3.8, 4) is 0 Å². The van der Waals surface area contributed by atoms with Crippen LogP contribution in [0, 0.1) is 0 Å². The van der Waals surface area contributed by atoms with Crippen LogP contribution in [0.15, 0.2) is 53.3 Å². The van der Waals surface area contributed by atoms with Crippen LogP contribution >= 0.6 is 15.9 Å². The van der Waals surface area contributed by atoms with E-state index in [0.717, 1.165) is 6.42 Å². The van der Waals surface area contributed by atoms with Gasteiger partial charge < -0.3 is 5.32 Å². The molecule has 0 radical (unpaired) electrons. The summed E-state index contributed by atoms with van der Waals surface area (Å²) < 4.78 is 0.571. The van der Waals surface area contributed by atoms with Crippen LogP contribution in [-0.4, -0.2) is 17.4 Å². The Morgan fingerprint density at radius 3 is 2.67 bits per heavy atom. The van der Waals surface area contributed by atoms with Crippen molar-refractivity contribution in [1.82, 2.24) is 10.3 Å². The SMILES string of the molecule is O=C(NCCc1ccccc1)c1cccnc1Br. The summed E-state index contributed by atoms with van der Waals surface area (Å²) in [5.74, 6) is -0.106. The molecule has 4 heteroatoms. The zero-order chi connectivity index (χ0) is 12.8. The average molecular weight is 305 g/mol. The first kappa shape index (κ1) is 12.8. The first-order chi connectivity index (χ1) is 8.77. The van der Waals surface area contributed by atoms with E-state index < -0.39 is 0 Å². The van der Waals surface area contributed by atoms with Gasteiger partial charge in [-0.3, -0.25) is 4.79 Å². The topological polar surface area (TPSA) is 42.0 Å². The lowest BCUT2D eigenvalue weighted by Gasteiger charge is -2.06. The number of hydrogen-bond acceptors (Lipinski definition) is 2. The van der Waals surface area contributed by atoms with Gasteiger partial charge in [-0.1, -0.05) is 30.3 Å². The van der Waals surface area contributed by atoms with Gasteiger partial charge in [-0.05, 0) is 40.0 Å². The molecule has 0 spiro atoms. The van der Waals surface area contributed by atoms with Crippen LogP contribution in [0.4, 0.5) is 0 Å². The Kier molecular flexibility index (Phi) is 4.47. The number of hydrogen-bond donors (Lipinski definition) is 1. The maximum absolute atomic E-state index is 11.9. The zero-order valence-electron chi connectivity index (χ0n) is 9.77. The zero-order valence-corrected chi connectivity index (χ0v) is 11.4. The highest BCUT2D eigenvalue weighted by Crippen LogP contribution is 2.11. The second-order valence-electron chi connectivity index (χ2n) is 3.83. The van der Waals surface area contributed by atoms with E-state index in [1.54, 1.807) is 18.3 Å². The van der Waals surface area contributed by atoms with Gasteiger partial charge in [0.25, 0.3) is 5.91 Å². The minimum Gasteiger partial charge on any atom is -0.352 e. The summed E-state index contributed by atoms with van der Waals surface area (Å²) in [5, 5.41) is 2.88. The largest absolute Gasteiger partial charge is 0.352 e. The molecule has 2 aromatic rings. The molecule has 1 N–H and O–H groups in total. The maximum Gasteiger partial charge on any atom is 0.254 e. The predicted molar refractivity (Wildman–Crippen MR) is 74.4 cm³/mol. The number of carbonyl (C=O) groups is 1. The Morgan fingerprint density at radius 2 is 1.94 bits per heavy atom. The first-order valence-corrected chi connectivity index (χ1v) is 6.49. The van der Waals surface area contributed by atoms with Crippen LogP contribution in [0.1, 0.15) is 15.9 Å². The van der Waals surface area contributed by atoms with Gasteiger partial charge in [0.2, 0.25) is 0 Å². The van der Waals surface area contributed by atoms with Crippen molar-refractivity contribution in [3.05, 3.63) is 64.4 Å². The molecule has 0 bridgehead atoms. The minimum atomic E-state index is -0.106. The van der Waals surface area contributed by atoms with Gasteiger partial charge in [0, 0.05) is 12.7 Å². The molecule has 0 aliphatic heterocycles. The number of amides is 1. The van der Waals surface area contributed by atoms with Crippen molar-refractivity contribution < 1.29 is 4.79 Å². The van der Waals surface area contributed by atoms with Crippen LogP contribution in [0.5, 0.6) is 0 Å². The molecular weight excluding hydrogens is 292 g/mol. The van der Waals surface area contributed by atoms with Gasteiger partial charge in [-0.2, -0.15) is 0 Å². The lowest BCUT2D eigenvalue weighted by atomic mass is 10.1. The van der Waals surface area contributed by atoms with E-state index in [-0.39, 0.29) is 5.91 Å². The van der Waals surface area contributed by atoms with Gasteiger partial charge >= 0.3 is 0 Å². The number of halogens is 1. The third kappa shape index (κ3) is 3.40. The third-order valence-corrected chi connectivity index (χ3v) is 3.18. The molecule has 0 unspecified atom stereocenters. The summed E-state index contributed by atoms with van der Waals surface area (Å²) >= 11 is 3.26. The normalized spacial score (nSPS) is 10.1. The van der Waals surface area contributed by atoms with E-state index >= 15 is 0 Å². The van der Waals surface area contributed by atoms with E-state index in [2.05, 4.69) is 26.2 Å². The van der Waals surface area contributed by atoms with Crippen LogP contribution in [-0.2, 0) is 6.42 Å². The van der Waals surface area contributed by atoms with E-state index in [1.807, 2.05) is 30.3 Å². The lowest BCUT2D eigenvalue weighted by Crippen LogP contribution is -2.26. The number of rotatable bonds is 4. The van der Waals surface area contributed by atoms with Crippen LogP contribution in [0.25, 0.3) is 0 Å². The molecule has 18 heavy (non-hydrogen) atoms. The molecule has 1 aromatic heterocycles. The number of benzene rings is 1. The second-order valence-corrected chi connectivity index (χ2v) is 4.58. The standard InChI is InChI=1S/C14H13BrN2O/c15-13-12(7-4-9-16-13)14(18)17-10-8-11-5-2-1-3-6-11/h1-7,9H,8,10H2,(H,17,18). The summed E-state index contributed by atoms with van der Waals surface area (Å²) in [6.07, 6.45) is 2.47. The Morgan fingerprint density at radius 1 is 1.17 bits per heavy atom. The van der Waals surface area contributed by atoms with Crippen molar-refractivity contribution in [2.45, 2.75) is 6.42 Å². The van der Waals surface area contributed by atoms with Crippen LogP contribution in [0.2, 0.25) is 0 Å². The van der Waals surface area contributed by atoms with Crippen molar-refractivity contribution in [2.75, 3.05) is 6.54 Å².